The van der Waals surface area contributed by atoms with Gasteiger partial charge in [0.15, 0.2) is 11.5 Å². The van der Waals surface area contributed by atoms with Gasteiger partial charge >= 0.3 is 5.97 Å². The molecule has 116 valence electrons. The van der Waals surface area contributed by atoms with E-state index in [1.54, 1.807) is 13.8 Å². The molecule has 0 saturated carbocycles. The molecule has 21 heavy (non-hydrogen) atoms. The first-order chi connectivity index (χ1) is 9.67. The molecule has 0 heterocycles. The molecule has 1 amide bonds. The lowest BCUT2D eigenvalue weighted by Gasteiger charge is -2.24. The van der Waals surface area contributed by atoms with E-state index in [0.29, 0.717) is 5.56 Å². The predicted octanol–water partition coefficient (Wildman–Crippen LogP) is 0.195. The van der Waals surface area contributed by atoms with Crippen molar-refractivity contribution in [3.05, 3.63) is 23.8 Å². The van der Waals surface area contributed by atoms with Gasteiger partial charge in [-0.3, -0.25) is 4.79 Å². The van der Waals surface area contributed by atoms with Crippen LogP contribution in [0.4, 0.5) is 0 Å². The second kappa shape index (κ2) is 6.45. The molecule has 0 spiro atoms. The normalized spacial score (nSPS) is 12.7. The molecule has 1 rings (SSSR count). The van der Waals surface area contributed by atoms with E-state index in [9.17, 15) is 24.9 Å². The summed E-state index contributed by atoms with van der Waals surface area (Å²) in [5.41, 5.74) is 5.08. The molecular weight excluding hydrogens is 276 g/mol. The van der Waals surface area contributed by atoms with Gasteiger partial charge in [-0.25, -0.2) is 4.79 Å². The van der Waals surface area contributed by atoms with Gasteiger partial charge in [0.2, 0.25) is 5.91 Å². The van der Waals surface area contributed by atoms with Crippen molar-refractivity contribution >= 4 is 11.9 Å². The summed E-state index contributed by atoms with van der Waals surface area (Å²) >= 11 is 0. The van der Waals surface area contributed by atoms with Crippen LogP contribution in [0.15, 0.2) is 18.2 Å². The number of hydrogen-bond donors (Lipinski definition) is 5. The minimum Gasteiger partial charge on any atom is -0.504 e. The van der Waals surface area contributed by atoms with Crippen molar-refractivity contribution in [3.63, 3.8) is 0 Å². The van der Waals surface area contributed by atoms with Gasteiger partial charge < -0.3 is 26.4 Å². The van der Waals surface area contributed by atoms with E-state index in [2.05, 4.69) is 5.32 Å². The number of rotatable bonds is 6. The Hall–Kier alpha value is -2.28. The highest BCUT2D eigenvalue weighted by Crippen LogP contribution is 2.25. The molecule has 0 aliphatic heterocycles. The maximum Gasteiger partial charge on any atom is 0.326 e. The Labute approximate surface area is 122 Å². The summed E-state index contributed by atoms with van der Waals surface area (Å²) < 4.78 is 0. The lowest BCUT2D eigenvalue weighted by molar-refractivity contribution is -0.143. The van der Waals surface area contributed by atoms with Crippen molar-refractivity contribution in [2.24, 2.45) is 11.1 Å². The van der Waals surface area contributed by atoms with Crippen LogP contribution in [0.2, 0.25) is 0 Å². The molecule has 0 bridgehead atoms. The highest BCUT2D eigenvalue weighted by Gasteiger charge is 2.30. The molecule has 7 nitrogen and oxygen atoms in total. The maximum atomic E-state index is 12.0. The van der Waals surface area contributed by atoms with E-state index in [4.69, 9.17) is 5.73 Å². The number of carboxylic acid groups (broad SMARTS) is 1. The number of aliphatic carboxylic acids is 1. The number of phenols is 2. The molecule has 0 fully saturated rings. The van der Waals surface area contributed by atoms with Gasteiger partial charge in [-0.05, 0) is 31.5 Å². The van der Waals surface area contributed by atoms with E-state index < -0.39 is 23.3 Å². The molecule has 0 aromatic heterocycles. The Bertz CT molecular complexity index is 542. The number of phenolic OH excluding ortho intramolecular Hbond substituents is 2. The minimum atomic E-state index is -1.19. The van der Waals surface area contributed by atoms with Crippen LogP contribution in [-0.2, 0) is 16.0 Å². The van der Waals surface area contributed by atoms with Crippen molar-refractivity contribution in [2.45, 2.75) is 26.3 Å². The van der Waals surface area contributed by atoms with Crippen molar-refractivity contribution < 1.29 is 24.9 Å². The van der Waals surface area contributed by atoms with Gasteiger partial charge in [0.25, 0.3) is 0 Å². The third-order valence-corrected chi connectivity index (χ3v) is 3.21. The Morgan fingerprint density at radius 2 is 1.90 bits per heavy atom. The van der Waals surface area contributed by atoms with Gasteiger partial charge in [-0.1, -0.05) is 6.07 Å². The highest BCUT2D eigenvalue weighted by molar-refractivity contribution is 5.87. The van der Waals surface area contributed by atoms with Crippen LogP contribution in [0.5, 0.6) is 11.5 Å². The van der Waals surface area contributed by atoms with E-state index in [1.807, 2.05) is 0 Å². The fourth-order valence-electron chi connectivity index (χ4n) is 1.58. The van der Waals surface area contributed by atoms with Crippen LogP contribution in [0.25, 0.3) is 0 Å². The fourth-order valence-corrected chi connectivity index (χ4v) is 1.58. The summed E-state index contributed by atoms with van der Waals surface area (Å²) in [6, 6.07) is 2.85. The molecule has 1 aromatic rings. The van der Waals surface area contributed by atoms with Gasteiger partial charge in [0.05, 0.1) is 5.41 Å². The number of benzene rings is 1. The first-order valence-corrected chi connectivity index (χ1v) is 6.42. The van der Waals surface area contributed by atoms with Crippen molar-refractivity contribution in [1.82, 2.24) is 5.32 Å². The first-order valence-electron chi connectivity index (χ1n) is 6.42. The number of nitrogens with two attached hydrogens (primary N) is 1. The fraction of sp³-hybridized carbons (Fsp3) is 0.429. The number of hydrogen-bond acceptors (Lipinski definition) is 5. The Morgan fingerprint density at radius 3 is 2.38 bits per heavy atom. The van der Waals surface area contributed by atoms with Gasteiger partial charge in [0, 0.05) is 13.0 Å². The Balaban J connectivity index is 2.86. The molecule has 7 heteroatoms. The van der Waals surface area contributed by atoms with Crippen LogP contribution < -0.4 is 11.1 Å². The topological polar surface area (TPSA) is 133 Å². The summed E-state index contributed by atoms with van der Waals surface area (Å²) in [6.07, 6.45) is -0.0183. The lowest BCUT2D eigenvalue weighted by Crippen LogP contribution is -2.49. The second-order valence-electron chi connectivity index (χ2n) is 5.48. The SMILES string of the molecule is CC(C)(CN)C(=O)NC(Cc1ccc(O)c(O)c1)C(=O)O. The molecule has 0 saturated heterocycles. The summed E-state index contributed by atoms with van der Waals surface area (Å²) in [5, 5.41) is 30.2. The van der Waals surface area contributed by atoms with E-state index in [0.717, 1.165) is 0 Å². The third-order valence-electron chi connectivity index (χ3n) is 3.21. The third kappa shape index (κ3) is 4.35. The Kier molecular flexibility index (Phi) is 5.15. The van der Waals surface area contributed by atoms with Crippen molar-refractivity contribution in [1.29, 1.82) is 0 Å². The summed E-state index contributed by atoms with van der Waals surface area (Å²) in [5.74, 6) is -2.28. The Morgan fingerprint density at radius 1 is 1.29 bits per heavy atom. The molecule has 6 N–H and O–H groups in total. The highest BCUT2D eigenvalue weighted by atomic mass is 16.4. The molecule has 0 aliphatic rings. The van der Waals surface area contributed by atoms with Crippen LogP contribution in [0, 0.1) is 5.41 Å². The monoisotopic (exact) mass is 296 g/mol. The summed E-state index contributed by atoms with van der Waals surface area (Å²) in [7, 11) is 0. The zero-order chi connectivity index (χ0) is 16.2. The number of carbonyl (C=O) groups is 2. The number of aromatic hydroxyl groups is 2. The van der Waals surface area contributed by atoms with Gasteiger partial charge in [-0.15, -0.1) is 0 Å². The molecule has 1 unspecified atom stereocenters. The minimum absolute atomic E-state index is 0.0183. The number of amides is 1. The molecular formula is C14H20N2O5. The molecule has 0 radical (unpaired) electrons. The smallest absolute Gasteiger partial charge is 0.326 e. The number of carboxylic acids is 1. The lowest BCUT2D eigenvalue weighted by atomic mass is 9.92. The van der Waals surface area contributed by atoms with E-state index in [1.165, 1.54) is 18.2 Å². The van der Waals surface area contributed by atoms with Crippen molar-refractivity contribution in [3.8, 4) is 11.5 Å². The maximum absolute atomic E-state index is 12.0. The van der Waals surface area contributed by atoms with Crippen LogP contribution in [0.3, 0.4) is 0 Å². The second-order valence-corrected chi connectivity index (χ2v) is 5.48. The van der Waals surface area contributed by atoms with E-state index >= 15 is 0 Å². The van der Waals surface area contributed by atoms with Crippen molar-refractivity contribution in [2.75, 3.05) is 6.54 Å². The number of carbonyl (C=O) groups excluding carboxylic acids is 1. The quantitative estimate of drug-likeness (QED) is 0.476. The van der Waals surface area contributed by atoms with Gasteiger partial charge in [-0.2, -0.15) is 0 Å². The van der Waals surface area contributed by atoms with Gasteiger partial charge in [0.1, 0.15) is 6.04 Å². The summed E-state index contributed by atoms with van der Waals surface area (Å²) in [6.45, 7) is 3.33. The largest absolute Gasteiger partial charge is 0.504 e. The van der Waals surface area contributed by atoms with E-state index in [-0.39, 0.29) is 24.5 Å². The molecule has 0 aliphatic carbocycles. The average molecular weight is 296 g/mol. The standard InChI is InChI=1S/C14H20N2O5/c1-14(2,7-15)13(21)16-9(12(19)20)5-8-3-4-10(17)11(18)6-8/h3-4,6,9,17-18H,5,7,15H2,1-2H3,(H,16,21)(H,19,20). The zero-order valence-corrected chi connectivity index (χ0v) is 12.0. The molecule has 1 atom stereocenters. The molecule has 1 aromatic carbocycles. The van der Waals surface area contributed by atoms with Crippen LogP contribution >= 0.6 is 0 Å². The van der Waals surface area contributed by atoms with Crippen LogP contribution in [-0.4, -0.2) is 39.8 Å². The average Bonchev–Trinajstić information content (AvgIpc) is 2.41. The zero-order valence-electron chi connectivity index (χ0n) is 12.0. The summed E-state index contributed by atoms with van der Waals surface area (Å²) in [4.78, 5) is 23.2. The number of nitrogens with one attached hydrogen (secondary N) is 1. The first kappa shape index (κ1) is 16.8. The predicted molar refractivity (Wildman–Crippen MR) is 75.9 cm³/mol. The van der Waals surface area contributed by atoms with Crippen LogP contribution in [0.1, 0.15) is 19.4 Å².